The minimum Gasteiger partial charge on any atom is -0.469 e. The van der Waals surface area contributed by atoms with Gasteiger partial charge in [-0.15, -0.1) is 0 Å². The van der Waals surface area contributed by atoms with Crippen LogP contribution in [0.15, 0.2) is 30.5 Å². The van der Waals surface area contributed by atoms with Crippen molar-refractivity contribution in [3.63, 3.8) is 0 Å². The minimum absolute atomic E-state index is 0.0331. The van der Waals surface area contributed by atoms with Crippen molar-refractivity contribution in [3.8, 4) is 0 Å². The lowest BCUT2D eigenvalue weighted by molar-refractivity contribution is -0.142. The van der Waals surface area contributed by atoms with Gasteiger partial charge in [0.1, 0.15) is 0 Å². The highest BCUT2D eigenvalue weighted by atomic mass is 16.5. The zero-order valence-corrected chi connectivity index (χ0v) is 8.93. The average Bonchev–Trinajstić information content (AvgIpc) is 2.76. The molecule has 0 bridgehead atoms. The molecule has 0 spiro atoms. The molecule has 4 nitrogen and oxygen atoms in total. The Balaban J connectivity index is 2.32. The van der Waals surface area contributed by atoms with Gasteiger partial charge in [-0.2, -0.15) is 0 Å². The van der Waals surface area contributed by atoms with Crippen molar-refractivity contribution in [1.82, 2.24) is 4.98 Å². The van der Waals surface area contributed by atoms with E-state index in [1.165, 1.54) is 7.11 Å². The molecule has 0 radical (unpaired) electrons. The molecule has 2 N–H and O–H groups in total. The van der Waals surface area contributed by atoms with Crippen molar-refractivity contribution < 1.29 is 14.6 Å². The van der Waals surface area contributed by atoms with E-state index in [1.54, 1.807) is 12.3 Å². The molecule has 2 rings (SSSR count). The van der Waals surface area contributed by atoms with Crippen molar-refractivity contribution >= 4 is 16.9 Å². The molecule has 1 heterocycles. The predicted molar refractivity (Wildman–Crippen MR) is 59.9 cm³/mol. The molecule has 0 unspecified atom stereocenters. The summed E-state index contributed by atoms with van der Waals surface area (Å²) in [6, 6.07) is 7.52. The number of carbonyl (C=O) groups is 1. The molecule has 0 aliphatic heterocycles. The Morgan fingerprint density at radius 3 is 3.06 bits per heavy atom. The van der Waals surface area contributed by atoms with Gasteiger partial charge < -0.3 is 14.8 Å². The van der Waals surface area contributed by atoms with E-state index in [1.807, 2.05) is 18.2 Å². The van der Waals surface area contributed by atoms with Crippen LogP contribution >= 0.6 is 0 Å². The molecule has 0 amide bonds. The largest absolute Gasteiger partial charge is 0.469 e. The maximum atomic E-state index is 11.1. The number of fused-ring (bicyclic) bond motifs is 1. The number of ether oxygens (including phenoxy) is 1. The smallest absolute Gasteiger partial charge is 0.308 e. The van der Waals surface area contributed by atoms with E-state index in [2.05, 4.69) is 9.72 Å². The quantitative estimate of drug-likeness (QED) is 0.773. The van der Waals surface area contributed by atoms with Crippen molar-refractivity contribution in [2.75, 3.05) is 7.11 Å². The Labute approximate surface area is 92.9 Å². The van der Waals surface area contributed by atoms with Crippen LogP contribution in [0.4, 0.5) is 0 Å². The second-order valence-corrected chi connectivity index (χ2v) is 3.59. The average molecular weight is 219 g/mol. The number of aliphatic hydroxyl groups excluding tert-OH is 1. The summed E-state index contributed by atoms with van der Waals surface area (Å²) < 4.78 is 4.53. The summed E-state index contributed by atoms with van der Waals surface area (Å²) in [5.41, 5.74) is 1.58. The summed E-state index contributed by atoms with van der Waals surface area (Å²) in [6.07, 6.45) is 0.933. The van der Waals surface area contributed by atoms with Crippen LogP contribution in [0, 0.1) is 0 Å². The summed E-state index contributed by atoms with van der Waals surface area (Å²) in [4.78, 5) is 14.1. The lowest BCUT2D eigenvalue weighted by atomic mass is 10.0. The molecular formula is C12H13NO3. The zero-order chi connectivity index (χ0) is 11.5. The van der Waals surface area contributed by atoms with Gasteiger partial charge in [-0.1, -0.05) is 18.2 Å². The van der Waals surface area contributed by atoms with Gasteiger partial charge in [0.2, 0.25) is 0 Å². The van der Waals surface area contributed by atoms with E-state index in [9.17, 15) is 9.90 Å². The number of aromatic nitrogens is 1. The molecule has 0 saturated carbocycles. The monoisotopic (exact) mass is 219 g/mol. The van der Waals surface area contributed by atoms with Gasteiger partial charge in [-0.3, -0.25) is 4.79 Å². The highest BCUT2D eigenvalue weighted by Gasteiger charge is 2.15. The molecule has 4 heteroatoms. The number of benzene rings is 1. The summed E-state index contributed by atoms with van der Waals surface area (Å²) >= 11 is 0. The van der Waals surface area contributed by atoms with E-state index in [-0.39, 0.29) is 6.42 Å². The number of rotatable bonds is 3. The first-order valence-electron chi connectivity index (χ1n) is 5.03. The van der Waals surface area contributed by atoms with Crippen LogP contribution in [0.3, 0.4) is 0 Å². The van der Waals surface area contributed by atoms with Crippen molar-refractivity contribution in [2.24, 2.45) is 0 Å². The number of para-hydroxylation sites is 1. The van der Waals surface area contributed by atoms with E-state index in [0.717, 1.165) is 10.9 Å². The first-order valence-corrected chi connectivity index (χ1v) is 5.03. The zero-order valence-electron chi connectivity index (χ0n) is 8.93. The maximum absolute atomic E-state index is 11.1. The van der Waals surface area contributed by atoms with Gasteiger partial charge in [0.25, 0.3) is 0 Å². The second kappa shape index (κ2) is 4.37. The van der Waals surface area contributed by atoms with Crippen LogP contribution in [0.1, 0.15) is 18.1 Å². The number of methoxy groups -OCH3 is 1. The highest BCUT2D eigenvalue weighted by Crippen LogP contribution is 2.25. The number of carbonyl (C=O) groups excluding carboxylic acids is 1. The van der Waals surface area contributed by atoms with E-state index >= 15 is 0 Å². The van der Waals surface area contributed by atoms with Crippen LogP contribution < -0.4 is 0 Å². The Kier molecular flexibility index (Phi) is 2.92. The molecular weight excluding hydrogens is 206 g/mol. The fourth-order valence-corrected chi connectivity index (χ4v) is 1.74. The van der Waals surface area contributed by atoms with Gasteiger partial charge in [-0.25, -0.2) is 0 Å². The van der Waals surface area contributed by atoms with Crippen molar-refractivity contribution in [1.29, 1.82) is 0 Å². The van der Waals surface area contributed by atoms with Crippen LogP contribution in [-0.2, 0) is 9.53 Å². The van der Waals surface area contributed by atoms with E-state index in [0.29, 0.717) is 5.56 Å². The van der Waals surface area contributed by atoms with E-state index in [4.69, 9.17) is 0 Å². The van der Waals surface area contributed by atoms with Gasteiger partial charge in [-0.05, 0) is 11.5 Å². The fourth-order valence-electron chi connectivity index (χ4n) is 1.74. The van der Waals surface area contributed by atoms with Gasteiger partial charge in [0, 0.05) is 11.8 Å². The van der Waals surface area contributed by atoms with Gasteiger partial charge in [0.05, 0.1) is 25.2 Å². The summed E-state index contributed by atoms with van der Waals surface area (Å²) in [6.45, 7) is 0. The first kappa shape index (κ1) is 10.7. The number of aliphatic hydroxyl groups is 1. The number of H-pyrrole nitrogens is 1. The van der Waals surface area contributed by atoms with Crippen molar-refractivity contribution in [3.05, 3.63) is 36.0 Å². The number of hydrogen-bond donors (Lipinski definition) is 2. The second-order valence-electron chi connectivity index (χ2n) is 3.59. The molecule has 1 aromatic carbocycles. The van der Waals surface area contributed by atoms with Gasteiger partial charge >= 0.3 is 5.97 Å². The molecule has 84 valence electrons. The van der Waals surface area contributed by atoms with Gasteiger partial charge in [0.15, 0.2) is 0 Å². The van der Waals surface area contributed by atoms with Crippen LogP contribution in [0.2, 0.25) is 0 Å². The summed E-state index contributed by atoms with van der Waals surface area (Å²) in [5.74, 6) is -0.420. The maximum Gasteiger partial charge on any atom is 0.308 e. The third-order valence-corrected chi connectivity index (χ3v) is 2.57. The third kappa shape index (κ3) is 1.92. The van der Waals surface area contributed by atoms with Crippen LogP contribution in [0.25, 0.3) is 10.9 Å². The number of nitrogens with one attached hydrogen (secondary N) is 1. The highest BCUT2D eigenvalue weighted by molar-refractivity contribution is 5.83. The van der Waals surface area contributed by atoms with E-state index < -0.39 is 12.1 Å². The molecule has 1 atom stereocenters. The Hall–Kier alpha value is -1.81. The molecule has 16 heavy (non-hydrogen) atoms. The third-order valence-electron chi connectivity index (χ3n) is 2.57. The number of esters is 1. The standard InChI is InChI=1S/C12H13NO3/c1-16-11(15)7-10(14)9-4-2-3-8-5-6-13-12(8)9/h2-6,10,13-14H,7H2,1H3/t10-/m1/s1. The SMILES string of the molecule is COC(=O)C[C@@H](O)c1cccc2cc[nH]c12. The first-order chi connectivity index (χ1) is 7.72. The number of aromatic amines is 1. The Morgan fingerprint density at radius 2 is 2.31 bits per heavy atom. The lowest BCUT2D eigenvalue weighted by Gasteiger charge is -2.10. The Bertz CT molecular complexity index is 504. The predicted octanol–water partition coefficient (Wildman–Crippen LogP) is 1.76. The molecule has 0 saturated heterocycles. The Morgan fingerprint density at radius 1 is 1.50 bits per heavy atom. The summed E-state index contributed by atoms with van der Waals surface area (Å²) in [5, 5.41) is 10.9. The van der Waals surface area contributed by atoms with Crippen LogP contribution in [-0.4, -0.2) is 23.2 Å². The number of hydrogen-bond acceptors (Lipinski definition) is 3. The fraction of sp³-hybridized carbons (Fsp3) is 0.250. The normalized spacial score (nSPS) is 12.6. The topological polar surface area (TPSA) is 62.3 Å². The minimum atomic E-state index is -0.838. The van der Waals surface area contributed by atoms with Crippen molar-refractivity contribution in [2.45, 2.75) is 12.5 Å². The molecule has 1 aromatic heterocycles. The summed E-state index contributed by atoms with van der Waals surface area (Å²) in [7, 11) is 1.31. The lowest BCUT2D eigenvalue weighted by Crippen LogP contribution is -2.08. The molecule has 0 fully saturated rings. The molecule has 0 aliphatic carbocycles. The molecule has 0 aliphatic rings. The molecule has 2 aromatic rings. The van der Waals surface area contributed by atoms with Crippen LogP contribution in [0.5, 0.6) is 0 Å².